The molecule has 0 spiro atoms. The van der Waals surface area contributed by atoms with Crippen molar-refractivity contribution in [1.82, 2.24) is 15.0 Å². The molecule has 30 heteroatoms. The molecule has 5 rings (SSSR count). The fourth-order valence-electron chi connectivity index (χ4n) is 5.01. The molecule has 1 radical (unpaired) electrons. The number of halogens is 1. The van der Waals surface area contributed by atoms with Gasteiger partial charge in [-0.1, -0.05) is 47.5 Å². The average molecular weight is 1020 g/mol. The number of amidine groups is 1. The zero-order valence-electron chi connectivity index (χ0n) is 31.4. The van der Waals surface area contributed by atoms with E-state index < -0.39 is 81.9 Å². The van der Waals surface area contributed by atoms with E-state index in [1.165, 1.54) is 59.5 Å². The third-order valence-corrected chi connectivity index (χ3v) is 11.4. The maximum Gasteiger partial charge on any atom is 0.397 e. The number of carboxylic acid groups (broad SMARTS) is 1. The molecule has 4 aromatic carbocycles. The Labute approximate surface area is 377 Å². The van der Waals surface area contributed by atoms with Crippen molar-refractivity contribution in [3.63, 3.8) is 0 Å². The monoisotopic (exact) mass is 1020 g/mol. The van der Waals surface area contributed by atoms with E-state index in [0.29, 0.717) is 12.0 Å². The van der Waals surface area contributed by atoms with Gasteiger partial charge in [0.15, 0.2) is 21.4 Å². The van der Waals surface area contributed by atoms with Crippen molar-refractivity contribution in [3.05, 3.63) is 107 Å². The summed E-state index contributed by atoms with van der Waals surface area (Å²) in [4.78, 5) is 24.8. The van der Waals surface area contributed by atoms with Crippen molar-refractivity contribution >= 4 is 100 Å². The molecule has 0 aliphatic heterocycles. The van der Waals surface area contributed by atoms with Crippen molar-refractivity contribution < 1.29 is 85.2 Å². The second-order valence-electron chi connectivity index (χ2n) is 11.8. The van der Waals surface area contributed by atoms with Crippen LogP contribution in [0.2, 0.25) is 5.28 Å². The molecule has 6 N–H and O–H groups in total. The first kappa shape index (κ1) is 50.2. The first-order valence-corrected chi connectivity index (χ1v) is 22.4. The van der Waals surface area contributed by atoms with Crippen LogP contribution >= 0.6 is 23.6 Å². The van der Waals surface area contributed by atoms with E-state index >= 15 is 0 Å². The number of carbonyl (C=O) groups is 1. The van der Waals surface area contributed by atoms with Crippen LogP contribution in [0.3, 0.4) is 0 Å². The van der Waals surface area contributed by atoms with E-state index in [9.17, 15) is 44.8 Å². The quantitative estimate of drug-likeness (QED) is 0.00612. The molecule has 24 nitrogen and oxygen atoms in total. The molecule has 0 saturated heterocycles. The van der Waals surface area contributed by atoms with Crippen molar-refractivity contribution in [3.8, 4) is 5.75 Å². The number of sulfone groups is 1. The number of azo groups is 1. The minimum atomic E-state index is -5.00. The van der Waals surface area contributed by atoms with Crippen LogP contribution in [0.4, 0.5) is 34.6 Å². The van der Waals surface area contributed by atoms with Crippen LogP contribution in [-0.4, -0.2) is 95.5 Å². The number of aromatic nitrogens is 3. The van der Waals surface area contributed by atoms with E-state index in [-0.39, 0.29) is 67.7 Å². The van der Waals surface area contributed by atoms with Crippen molar-refractivity contribution in [2.75, 3.05) is 29.1 Å². The Morgan fingerprint density at radius 2 is 1.67 bits per heavy atom. The van der Waals surface area contributed by atoms with Crippen molar-refractivity contribution in [2.24, 2.45) is 15.3 Å². The minimum Gasteiger partial charge on any atom is -0.573 e. The number of hydrogen-bond acceptors (Lipinski definition) is 20. The molecular weight excluding hydrogens is 990 g/mol. The first-order chi connectivity index (χ1) is 29.3. The molecule has 0 unspecified atom stereocenters. The summed E-state index contributed by atoms with van der Waals surface area (Å²) in [5.41, 5.74) is 2.96. The molecule has 0 fully saturated rings. The Bertz CT molecular complexity index is 2870. The molecule has 1 heterocycles. The van der Waals surface area contributed by atoms with Gasteiger partial charge in [0.2, 0.25) is 17.2 Å². The maximum atomic E-state index is 12.9. The van der Waals surface area contributed by atoms with Crippen molar-refractivity contribution in [1.29, 1.82) is 0 Å². The summed E-state index contributed by atoms with van der Waals surface area (Å²) in [7, 11) is -14.0. The smallest absolute Gasteiger partial charge is 0.397 e. The molecule has 5 aromatic rings. The predicted molar refractivity (Wildman–Crippen MR) is 219 cm³/mol. The SMILES string of the molecule is CCN(c1cccc(S(=O)(=O)CCOS(=O)(=O)O)c1)c1nc(Cl)nc(Nc2cc(S(=O)(=O)O)cc(N=N/C(=N\[N-]c3cc(SOOO)ccc3C(=O)O)c3ccccc3)c2O)n1.[Cu]. The van der Waals surface area contributed by atoms with Crippen LogP contribution in [0.5, 0.6) is 5.75 Å². The van der Waals surface area contributed by atoms with Gasteiger partial charge in [-0.15, -0.1) is 20.2 Å². The Morgan fingerprint density at radius 3 is 2.32 bits per heavy atom. The summed E-state index contributed by atoms with van der Waals surface area (Å²) in [6.45, 7) is 0.878. The predicted octanol–water partition coefficient (Wildman–Crippen LogP) is 6.25. The summed E-state index contributed by atoms with van der Waals surface area (Å²) in [5, 5.41) is 47.3. The summed E-state index contributed by atoms with van der Waals surface area (Å²) >= 11 is 6.76. The van der Waals surface area contributed by atoms with Gasteiger partial charge >= 0.3 is 16.4 Å². The molecule has 0 atom stereocenters. The van der Waals surface area contributed by atoms with Crippen LogP contribution < -0.4 is 10.2 Å². The fraction of sp³-hybridized carbons (Fsp3) is 0.121. The Hall–Kier alpha value is -5.40. The normalized spacial score (nSPS) is 12.2. The number of hydrogen-bond donors (Lipinski definition) is 6. The molecule has 0 aliphatic rings. The third-order valence-electron chi connectivity index (χ3n) is 7.73. The number of phenols is 1. The molecular formula is C33H29ClCuN9O15S4-. The zero-order chi connectivity index (χ0) is 45.2. The number of aromatic carboxylic acids is 1. The van der Waals surface area contributed by atoms with Gasteiger partial charge in [0, 0.05) is 45.3 Å². The van der Waals surface area contributed by atoms with Gasteiger partial charge in [-0.3, -0.25) is 9.11 Å². The molecule has 339 valence electrons. The van der Waals surface area contributed by atoms with Gasteiger partial charge < -0.3 is 31.0 Å². The first-order valence-electron chi connectivity index (χ1n) is 16.8. The molecule has 0 amide bonds. The van der Waals surface area contributed by atoms with Crippen LogP contribution in [0.1, 0.15) is 22.8 Å². The van der Waals surface area contributed by atoms with Crippen LogP contribution in [-0.2, 0) is 61.0 Å². The summed E-state index contributed by atoms with van der Waals surface area (Å²) < 4.78 is 99.7. The number of carboxylic acids is 1. The maximum absolute atomic E-state index is 12.9. The number of benzene rings is 4. The average Bonchev–Trinajstić information content (AvgIpc) is 3.20. The van der Waals surface area contributed by atoms with Gasteiger partial charge in [-0.25, -0.2) is 22.7 Å². The minimum absolute atomic E-state index is 0. The van der Waals surface area contributed by atoms with E-state index in [4.69, 9.17) is 21.4 Å². The summed E-state index contributed by atoms with van der Waals surface area (Å²) in [6.07, 6.45) is 0. The van der Waals surface area contributed by atoms with Gasteiger partial charge in [-0.05, 0) is 61.0 Å². The standard InChI is InChI=1S/C33H30ClN9O15S4.Cu/c1-2-43(20-9-6-10-22(15-20)60(48,49)14-13-56-62(53,54)55)33-37-31(34)36-32(38-33)35-26-17-23(61(50,51)52)18-27(28(26)44)40-42-29(19-7-4-3-5-8-19)41-39-25-16-21(59-58-57-47)11-12-24(25)30(45)46;/h3-12,15-18H,2,13-14H2,1H3,(H7,35,36,37,38,39,40,41,42,44,45,46,47,50,51,52,53,54,55);/p-1. The Morgan fingerprint density at radius 1 is 0.937 bits per heavy atom. The topological polar surface area (TPSA) is 353 Å². The molecule has 0 bridgehead atoms. The van der Waals surface area contributed by atoms with Crippen LogP contribution in [0, 0.1) is 0 Å². The molecule has 63 heavy (non-hydrogen) atoms. The van der Waals surface area contributed by atoms with E-state index in [1.54, 1.807) is 25.1 Å². The van der Waals surface area contributed by atoms with Gasteiger partial charge in [0.1, 0.15) is 5.69 Å². The number of rotatable bonds is 19. The number of nitrogens with one attached hydrogen (secondary N) is 1. The van der Waals surface area contributed by atoms with E-state index in [0.717, 1.165) is 12.1 Å². The van der Waals surface area contributed by atoms with Crippen LogP contribution in [0.15, 0.2) is 115 Å². The van der Waals surface area contributed by atoms with Gasteiger partial charge in [0.25, 0.3) is 10.1 Å². The zero-order valence-corrected chi connectivity index (χ0v) is 36.4. The van der Waals surface area contributed by atoms with E-state index in [2.05, 4.69) is 54.6 Å². The number of aromatic hydroxyl groups is 1. The second kappa shape index (κ2) is 21.8. The Balaban J connectivity index is 0.00000871. The molecule has 0 saturated carbocycles. The van der Waals surface area contributed by atoms with Crippen LogP contribution in [0.25, 0.3) is 5.43 Å². The third kappa shape index (κ3) is 14.0. The summed E-state index contributed by atoms with van der Waals surface area (Å²) in [6, 6.07) is 18.6. The Kier molecular flexibility index (Phi) is 17.4. The van der Waals surface area contributed by atoms with Gasteiger partial charge in [-0.2, -0.15) is 31.8 Å². The largest absolute Gasteiger partial charge is 0.573 e. The number of nitrogens with zero attached hydrogens (tertiary/aromatic N) is 8. The number of phenolic OH excluding ortho intramolecular Hbond substituents is 1. The summed E-state index contributed by atoms with van der Waals surface area (Å²) in [5.74, 6) is -3.80. The molecule has 0 aliphatic carbocycles. The second-order valence-corrected chi connectivity index (χ2v) is 17.5. The molecule has 1 aromatic heterocycles. The van der Waals surface area contributed by atoms with Crippen molar-refractivity contribution in [2.45, 2.75) is 21.6 Å². The van der Waals surface area contributed by atoms with E-state index in [1.807, 2.05) is 0 Å². The number of anilines is 4. The van der Waals surface area contributed by atoms with Gasteiger partial charge in [0.05, 0.1) is 39.9 Å². The fourth-order valence-corrected chi connectivity index (χ4v) is 7.61.